The van der Waals surface area contributed by atoms with Crippen LogP contribution < -0.4 is 15.4 Å². The van der Waals surface area contributed by atoms with Crippen LogP contribution in [0.25, 0.3) is 0 Å². The lowest BCUT2D eigenvalue weighted by Gasteiger charge is -2.32. The van der Waals surface area contributed by atoms with Crippen LogP contribution >= 0.6 is 0 Å². The average Bonchev–Trinajstić information content (AvgIpc) is 2.88. The van der Waals surface area contributed by atoms with Gasteiger partial charge in [-0.25, -0.2) is 0 Å². The van der Waals surface area contributed by atoms with Crippen molar-refractivity contribution in [2.45, 2.75) is 32.2 Å². The van der Waals surface area contributed by atoms with Gasteiger partial charge in [0.2, 0.25) is 5.88 Å². The molecule has 1 aliphatic carbocycles. The number of rotatable bonds is 5. The van der Waals surface area contributed by atoms with Crippen molar-refractivity contribution in [1.29, 1.82) is 0 Å². The van der Waals surface area contributed by atoms with E-state index in [1.165, 1.54) is 19.3 Å². The number of hydrogen-bond donors (Lipinski definition) is 1. The molecule has 0 bridgehead atoms. The fraction of sp³-hybridized carbons (Fsp3) is 0.692. The van der Waals surface area contributed by atoms with Crippen LogP contribution in [0.1, 0.15) is 26.2 Å². The Morgan fingerprint density at radius 2 is 2.28 bits per heavy atom. The zero-order valence-electron chi connectivity index (χ0n) is 11.2. The highest BCUT2D eigenvalue weighted by molar-refractivity contribution is 5.39. The molecule has 1 aromatic rings. The van der Waals surface area contributed by atoms with E-state index in [1.54, 1.807) is 19.5 Å². The Balaban J connectivity index is 2.21. The van der Waals surface area contributed by atoms with E-state index in [0.717, 1.165) is 18.9 Å². The van der Waals surface area contributed by atoms with E-state index in [4.69, 9.17) is 10.5 Å². The highest BCUT2D eigenvalue weighted by Crippen LogP contribution is 2.31. The zero-order valence-corrected chi connectivity index (χ0v) is 11.2. The monoisotopic (exact) mass is 250 g/mol. The number of aromatic nitrogens is 2. The second-order valence-corrected chi connectivity index (χ2v) is 4.70. The first kappa shape index (κ1) is 13.1. The third kappa shape index (κ3) is 2.56. The first-order chi connectivity index (χ1) is 8.80. The lowest BCUT2D eigenvalue weighted by atomic mass is 10.0. The van der Waals surface area contributed by atoms with Gasteiger partial charge in [0, 0.05) is 12.6 Å². The Labute approximate surface area is 108 Å². The SMILES string of the molecule is CCN(c1cncc(OC)n1)C1CCCC1CN. The molecule has 2 rings (SSSR count). The molecule has 2 atom stereocenters. The molecule has 0 amide bonds. The first-order valence-corrected chi connectivity index (χ1v) is 6.62. The van der Waals surface area contributed by atoms with Gasteiger partial charge in [-0.15, -0.1) is 0 Å². The largest absolute Gasteiger partial charge is 0.480 e. The van der Waals surface area contributed by atoms with E-state index in [-0.39, 0.29) is 0 Å². The fourth-order valence-electron chi connectivity index (χ4n) is 2.84. The van der Waals surface area contributed by atoms with Crippen molar-refractivity contribution in [3.63, 3.8) is 0 Å². The van der Waals surface area contributed by atoms with Crippen LogP contribution in [0.5, 0.6) is 5.88 Å². The molecule has 1 saturated carbocycles. The molecule has 1 aliphatic rings. The third-order valence-electron chi connectivity index (χ3n) is 3.77. The third-order valence-corrected chi connectivity index (χ3v) is 3.77. The standard InChI is InChI=1S/C13H22N4O/c1-3-17(11-6-4-5-10(11)7-14)12-8-15-9-13(16-12)18-2/h8-11H,3-7,14H2,1-2H3. The van der Waals surface area contributed by atoms with Gasteiger partial charge in [0.15, 0.2) is 5.82 Å². The molecule has 5 heteroatoms. The maximum Gasteiger partial charge on any atom is 0.233 e. The van der Waals surface area contributed by atoms with Crippen LogP contribution in [0.3, 0.4) is 0 Å². The van der Waals surface area contributed by atoms with Crippen molar-refractivity contribution in [3.05, 3.63) is 12.4 Å². The van der Waals surface area contributed by atoms with Crippen LogP contribution in [-0.2, 0) is 0 Å². The maximum atomic E-state index is 5.86. The summed E-state index contributed by atoms with van der Waals surface area (Å²) < 4.78 is 5.14. The summed E-state index contributed by atoms with van der Waals surface area (Å²) in [5.74, 6) is 2.02. The van der Waals surface area contributed by atoms with Gasteiger partial charge >= 0.3 is 0 Å². The summed E-state index contributed by atoms with van der Waals surface area (Å²) in [5, 5.41) is 0. The molecule has 0 saturated heterocycles. The molecular formula is C13H22N4O. The molecule has 1 heterocycles. The Kier molecular flexibility index (Phi) is 4.36. The van der Waals surface area contributed by atoms with Crippen molar-refractivity contribution in [2.24, 2.45) is 11.7 Å². The number of nitrogens with zero attached hydrogens (tertiary/aromatic N) is 3. The predicted molar refractivity (Wildman–Crippen MR) is 71.8 cm³/mol. The molecule has 100 valence electrons. The Bertz CT molecular complexity index is 385. The van der Waals surface area contributed by atoms with Gasteiger partial charge < -0.3 is 15.4 Å². The van der Waals surface area contributed by atoms with Crippen LogP contribution in [0, 0.1) is 5.92 Å². The van der Waals surface area contributed by atoms with E-state index in [0.29, 0.717) is 17.8 Å². The summed E-state index contributed by atoms with van der Waals surface area (Å²) in [5.41, 5.74) is 5.86. The van der Waals surface area contributed by atoms with Crippen molar-refractivity contribution in [1.82, 2.24) is 9.97 Å². The number of hydrogen-bond acceptors (Lipinski definition) is 5. The lowest BCUT2D eigenvalue weighted by Crippen LogP contribution is -2.41. The summed E-state index contributed by atoms with van der Waals surface area (Å²) >= 11 is 0. The van der Waals surface area contributed by atoms with E-state index in [9.17, 15) is 0 Å². The summed E-state index contributed by atoms with van der Waals surface area (Å²) in [6.45, 7) is 3.81. The normalized spacial score (nSPS) is 23.1. The molecule has 0 aromatic carbocycles. The highest BCUT2D eigenvalue weighted by Gasteiger charge is 2.31. The second-order valence-electron chi connectivity index (χ2n) is 4.70. The number of nitrogens with two attached hydrogens (primary N) is 1. The molecule has 0 radical (unpaired) electrons. The van der Waals surface area contributed by atoms with Crippen LogP contribution in [0.4, 0.5) is 5.82 Å². The van der Waals surface area contributed by atoms with Crippen LogP contribution in [0.2, 0.25) is 0 Å². The van der Waals surface area contributed by atoms with E-state index >= 15 is 0 Å². The molecule has 5 nitrogen and oxygen atoms in total. The molecule has 2 N–H and O–H groups in total. The molecule has 18 heavy (non-hydrogen) atoms. The van der Waals surface area contributed by atoms with E-state index < -0.39 is 0 Å². The van der Waals surface area contributed by atoms with Crippen LogP contribution in [0.15, 0.2) is 12.4 Å². The zero-order chi connectivity index (χ0) is 13.0. The second kappa shape index (κ2) is 6.00. The topological polar surface area (TPSA) is 64.3 Å². The minimum absolute atomic E-state index is 0.487. The van der Waals surface area contributed by atoms with Gasteiger partial charge in [0.25, 0.3) is 0 Å². The Morgan fingerprint density at radius 3 is 2.94 bits per heavy atom. The van der Waals surface area contributed by atoms with E-state index in [2.05, 4.69) is 21.8 Å². The predicted octanol–water partition coefficient (Wildman–Crippen LogP) is 1.44. The molecule has 1 fully saturated rings. The van der Waals surface area contributed by atoms with Crippen molar-refractivity contribution < 1.29 is 4.74 Å². The van der Waals surface area contributed by atoms with Gasteiger partial charge in [0.1, 0.15) is 0 Å². The van der Waals surface area contributed by atoms with Crippen molar-refractivity contribution in [3.8, 4) is 5.88 Å². The van der Waals surface area contributed by atoms with Gasteiger partial charge in [0.05, 0.1) is 19.5 Å². The van der Waals surface area contributed by atoms with Gasteiger partial charge in [-0.1, -0.05) is 6.42 Å². The van der Waals surface area contributed by atoms with Crippen molar-refractivity contribution >= 4 is 5.82 Å². The van der Waals surface area contributed by atoms with Crippen LogP contribution in [-0.4, -0.2) is 36.2 Å². The molecular weight excluding hydrogens is 228 g/mol. The van der Waals surface area contributed by atoms with Gasteiger partial charge in [-0.3, -0.25) is 4.98 Å². The lowest BCUT2D eigenvalue weighted by molar-refractivity contribution is 0.393. The number of ether oxygens (including phenoxy) is 1. The first-order valence-electron chi connectivity index (χ1n) is 6.62. The maximum absolute atomic E-state index is 5.86. The fourth-order valence-corrected chi connectivity index (χ4v) is 2.84. The summed E-state index contributed by atoms with van der Waals surface area (Å²) in [6.07, 6.45) is 7.09. The smallest absolute Gasteiger partial charge is 0.233 e. The molecule has 0 aliphatic heterocycles. The Morgan fingerprint density at radius 1 is 1.44 bits per heavy atom. The molecule has 1 aromatic heterocycles. The Hall–Kier alpha value is -1.36. The molecule has 0 spiro atoms. The number of methoxy groups -OCH3 is 1. The highest BCUT2D eigenvalue weighted by atomic mass is 16.5. The molecule has 2 unspecified atom stereocenters. The van der Waals surface area contributed by atoms with Gasteiger partial charge in [-0.05, 0) is 32.2 Å². The van der Waals surface area contributed by atoms with Crippen molar-refractivity contribution in [2.75, 3.05) is 25.1 Å². The summed E-state index contributed by atoms with van der Waals surface area (Å²) in [4.78, 5) is 11.0. The van der Waals surface area contributed by atoms with Gasteiger partial charge in [-0.2, -0.15) is 4.98 Å². The number of anilines is 1. The average molecular weight is 250 g/mol. The summed E-state index contributed by atoms with van der Waals surface area (Å²) in [6, 6.07) is 0.487. The summed E-state index contributed by atoms with van der Waals surface area (Å²) in [7, 11) is 1.61. The quantitative estimate of drug-likeness (QED) is 0.856. The minimum Gasteiger partial charge on any atom is -0.480 e. The minimum atomic E-state index is 0.487. The van der Waals surface area contributed by atoms with E-state index in [1.807, 2.05) is 0 Å².